The van der Waals surface area contributed by atoms with E-state index in [0.29, 0.717) is 12.5 Å². The van der Waals surface area contributed by atoms with Crippen molar-refractivity contribution >= 4 is 5.95 Å². The maximum Gasteiger partial charge on any atom is 0.223 e. The summed E-state index contributed by atoms with van der Waals surface area (Å²) in [6.07, 6.45) is 2.54. The lowest BCUT2D eigenvalue weighted by molar-refractivity contribution is 0.305. The maximum atomic E-state index is 5.33. The van der Waals surface area contributed by atoms with E-state index in [4.69, 9.17) is 10.5 Å². The number of aromatic nitrogens is 2. The third-order valence-corrected chi connectivity index (χ3v) is 1.10. The van der Waals surface area contributed by atoms with Gasteiger partial charge in [0.1, 0.15) is 0 Å². The van der Waals surface area contributed by atoms with Crippen molar-refractivity contribution in [3.05, 3.63) is 12.3 Å². The summed E-state index contributed by atoms with van der Waals surface area (Å²) in [6.45, 7) is 2.70. The molecule has 4 nitrogen and oxygen atoms in total. The van der Waals surface area contributed by atoms with Crippen molar-refractivity contribution in [2.24, 2.45) is 0 Å². The van der Waals surface area contributed by atoms with Gasteiger partial charge >= 0.3 is 0 Å². The number of hydrogen-bond acceptors (Lipinski definition) is 4. The second-order valence-electron chi connectivity index (χ2n) is 2.10. The summed E-state index contributed by atoms with van der Waals surface area (Å²) in [5.74, 6) is 0.790. The Morgan fingerprint density at radius 2 is 2.45 bits per heavy atom. The molecule has 60 valence electrons. The third kappa shape index (κ3) is 2.41. The SMILES string of the molecule is CCCOc1ccnc(N)n1. The summed E-state index contributed by atoms with van der Waals surface area (Å²) in [5, 5.41) is 0. The molecule has 1 aromatic rings. The molecule has 1 rings (SSSR count). The van der Waals surface area contributed by atoms with Crippen LogP contribution in [0.5, 0.6) is 5.88 Å². The Balaban J connectivity index is 2.56. The molecule has 11 heavy (non-hydrogen) atoms. The van der Waals surface area contributed by atoms with Gasteiger partial charge in [-0.25, -0.2) is 4.98 Å². The van der Waals surface area contributed by atoms with Crippen LogP contribution in [-0.4, -0.2) is 16.6 Å². The Labute approximate surface area is 65.4 Å². The summed E-state index contributed by atoms with van der Waals surface area (Å²) >= 11 is 0. The largest absolute Gasteiger partial charge is 0.478 e. The Bertz CT molecular complexity index is 227. The Morgan fingerprint density at radius 1 is 1.64 bits per heavy atom. The molecular formula is C7H11N3O. The molecule has 1 aromatic heterocycles. The topological polar surface area (TPSA) is 61.0 Å². The molecule has 0 spiro atoms. The van der Waals surface area contributed by atoms with Gasteiger partial charge in [0.25, 0.3) is 0 Å². The highest BCUT2D eigenvalue weighted by Crippen LogP contribution is 2.05. The zero-order valence-electron chi connectivity index (χ0n) is 6.45. The van der Waals surface area contributed by atoms with E-state index < -0.39 is 0 Å². The normalized spacial score (nSPS) is 9.55. The molecule has 0 saturated heterocycles. The van der Waals surface area contributed by atoms with Crippen molar-refractivity contribution in [2.75, 3.05) is 12.3 Å². The predicted molar refractivity (Wildman–Crippen MR) is 42.2 cm³/mol. The van der Waals surface area contributed by atoms with Gasteiger partial charge < -0.3 is 10.5 Å². The van der Waals surface area contributed by atoms with Crippen LogP contribution in [-0.2, 0) is 0 Å². The van der Waals surface area contributed by atoms with E-state index in [-0.39, 0.29) is 5.95 Å². The van der Waals surface area contributed by atoms with E-state index >= 15 is 0 Å². The smallest absolute Gasteiger partial charge is 0.223 e. The molecule has 0 atom stereocenters. The Kier molecular flexibility index (Phi) is 2.66. The van der Waals surface area contributed by atoms with Gasteiger partial charge in [-0.15, -0.1) is 0 Å². The summed E-state index contributed by atoms with van der Waals surface area (Å²) in [4.78, 5) is 7.59. The van der Waals surface area contributed by atoms with Gasteiger partial charge in [-0.1, -0.05) is 6.92 Å². The minimum absolute atomic E-state index is 0.249. The second kappa shape index (κ2) is 3.75. The molecule has 0 fully saturated rings. The molecule has 0 bridgehead atoms. The standard InChI is InChI=1S/C7H11N3O/c1-2-5-11-6-3-4-9-7(8)10-6/h3-4H,2,5H2,1H3,(H2,8,9,10). The minimum Gasteiger partial charge on any atom is -0.478 e. The molecule has 0 aliphatic rings. The number of rotatable bonds is 3. The van der Waals surface area contributed by atoms with Crippen molar-refractivity contribution in [3.63, 3.8) is 0 Å². The van der Waals surface area contributed by atoms with Crippen molar-refractivity contribution in [1.29, 1.82) is 0 Å². The van der Waals surface area contributed by atoms with Crippen LogP contribution in [0, 0.1) is 0 Å². The van der Waals surface area contributed by atoms with Gasteiger partial charge in [-0.05, 0) is 6.42 Å². The fourth-order valence-corrected chi connectivity index (χ4v) is 0.643. The number of anilines is 1. The molecular weight excluding hydrogens is 142 g/mol. The van der Waals surface area contributed by atoms with Crippen molar-refractivity contribution in [2.45, 2.75) is 13.3 Å². The molecule has 0 amide bonds. The zero-order valence-corrected chi connectivity index (χ0v) is 6.45. The summed E-state index contributed by atoms with van der Waals surface area (Å²) in [5.41, 5.74) is 5.33. The van der Waals surface area contributed by atoms with Gasteiger partial charge in [0.15, 0.2) is 0 Å². The first-order chi connectivity index (χ1) is 5.33. The first kappa shape index (κ1) is 7.78. The van der Waals surface area contributed by atoms with Crippen molar-refractivity contribution < 1.29 is 4.74 Å². The number of nitrogens with zero attached hydrogens (tertiary/aromatic N) is 2. The first-order valence-corrected chi connectivity index (χ1v) is 3.54. The first-order valence-electron chi connectivity index (χ1n) is 3.54. The monoisotopic (exact) mass is 153 g/mol. The van der Waals surface area contributed by atoms with Crippen LogP contribution in [0.3, 0.4) is 0 Å². The second-order valence-corrected chi connectivity index (χ2v) is 2.10. The lowest BCUT2D eigenvalue weighted by Gasteiger charge is -2.01. The molecule has 2 N–H and O–H groups in total. The third-order valence-electron chi connectivity index (χ3n) is 1.10. The van der Waals surface area contributed by atoms with Crippen LogP contribution >= 0.6 is 0 Å². The highest BCUT2D eigenvalue weighted by atomic mass is 16.5. The van der Waals surface area contributed by atoms with Crippen molar-refractivity contribution in [1.82, 2.24) is 9.97 Å². The molecule has 0 aliphatic heterocycles. The van der Waals surface area contributed by atoms with E-state index in [1.165, 1.54) is 0 Å². The lowest BCUT2D eigenvalue weighted by atomic mass is 10.5. The molecule has 0 aromatic carbocycles. The molecule has 1 heterocycles. The van der Waals surface area contributed by atoms with E-state index in [2.05, 4.69) is 9.97 Å². The van der Waals surface area contributed by atoms with Crippen LogP contribution in [0.15, 0.2) is 12.3 Å². The molecule has 0 radical (unpaired) electrons. The molecule has 0 saturated carbocycles. The van der Waals surface area contributed by atoms with Crippen LogP contribution in [0.2, 0.25) is 0 Å². The molecule has 4 heteroatoms. The van der Waals surface area contributed by atoms with Crippen LogP contribution in [0.4, 0.5) is 5.95 Å². The Hall–Kier alpha value is -1.32. The van der Waals surface area contributed by atoms with Crippen molar-refractivity contribution in [3.8, 4) is 5.88 Å². The highest BCUT2D eigenvalue weighted by molar-refractivity contribution is 5.20. The van der Waals surface area contributed by atoms with Crippen LogP contribution in [0.1, 0.15) is 13.3 Å². The highest BCUT2D eigenvalue weighted by Gasteiger charge is 1.93. The maximum absolute atomic E-state index is 5.33. The average molecular weight is 153 g/mol. The summed E-state index contributed by atoms with van der Waals surface area (Å²) in [6, 6.07) is 1.69. The number of nitrogen functional groups attached to an aromatic ring is 1. The van der Waals surface area contributed by atoms with Gasteiger partial charge in [0.05, 0.1) is 6.61 Å². The van der Waals surface area contributed by atoms with E-state index in [1.807, 2.05) is 6.92 Å². The average Bonchev–Trinajstić information content (AvgIpc) is 2.01. The fourth-order valence-electron chi connectivity index (χ4n) is 0.643. The van der Waals surface area contributed by atoms with Gasteiger partial charge in [0, 0.05) is 12.3 Å². The van der Waals surface area contributed by atoms with E-state index in [1.54, 1.807) is 12.3 Å². The summed E-state index contributed by atoms with van der Waals surface area (Å²) < 4.78 is 5.20. The van der Waals surface area contributed by atoms with Gasteiger partial charge in [0.2, 0.25) is 11.8 Å². The summed E-state index contributed by atoms with van der Waals surface area (Å²) in [7, 11) is 0. The van der Waals surface area contributed by atoms with Gasteiger partial charge in [-0.3, -0.25) is 0 Å². The lowest BCUT2D eigenvalue weighted by Crippen LogP contribution is -2.00. The van der Waals surface area contributed by atoms with Crippen LogP contribution < -0.4 is 10.5 Å². The van der Waals surface area contributed by atoms with E-state index in [9.17, 15) is 0 Å². The van der Waals surface area contributed by atoms with Crippen LogP contribution in [0.25, 0.3) is 0 Å². The van der Waals surface area contributed by atoms with E-state index in [0.717, 1.165) is 6.42 Å². The fraction of sp³-hybridized carbons (Fsp3) is 0.429. The molecule has 0 unspecified atom stereocenters. The van der Waals surface area contributed by atoms with Gasteiger partial charge in [-0.2, -0.15) is 4.98 Å². The molecule has 0 aliphatic carbocycles. The number of nitrogens with two attached hydrogens (primary N) is 1. The Morgan fingerprint density at radius 3 is 3.09 bits per heavy atom. The predicted octanol–water partition coefficient (Wildman–Crippen LogP) is 0.848. The quantitative estimate of drug-likeness (QED) is 0.699. The zero-order chi connectivity index (χ0) is 8.10. The number of hydrogen-bond donors (Lipinski definition) is 1. The minimum atomic E-state index is 0.249. The number of ether oxygens (including phenoxy) is 1.